The Morgan fingerprint density at radius 2 is 1.92 bits per heavy atom. The smallest absolute Gasteiger partial charge is 0.339 e. The average Bonchev–Trinajstić information content (AvgIpc) is 2.54. The molecule has 0 aliphatic heterocycles. The summed E-state index contributed by atoms with van der Waals surface area (Å²) in [5.41, 5.74) is 2.66. The number of esters is 1. The summed E-state index contributed by atoms with van der Waals surface area (Å²) in [6.07, 6.45) is -1.11. The number of nitrogens with zero attached hydrogens (tertiary/aromatic N) is 1. The third kappa shape index (κ3) is 4.53. The number of aromatic nitrogens is 1. The second kappa shape index (κ2) is 7.74. The van der Waals surface area contributed by atoms with Gasteiger partial charge in [-0.15, -0.1) is 0 Å². The van der Waals surface area contributed by atoms with Gasteiger partial charge in [0.2, 0.25) is 0 Å². The summed E-state index contributed by atoms with van der Waals surface area (Å²) >= 11 is 0. The molecule has 0 aliphatic rings. The SMILES string of the molecule is CCNC(=O)NC(=O)C(C)OC(=O)c1cc(C)nc2ccc(C)cc12. The molecule has 0 saturated carbocycles. The summed E-state index contributed by atoms with van der Waals surface area (Å²) in [7, 11) is 0. The normalized spacial score (nSPS) is 11.7. The van der Waals surface area contributed by atoms with E-state index in [1.165, 1.54) is 6.92 Å². The van der Waals surface area contributed by atoms with E-state index in [0.29, 0.717) is 28.7 Å². The molecule has 0 spiro atoms. The molecule has 1 atom stereocenters. The first-order valence-electron chi connectivity index (χ1n) is 7.99. The van der Waals surface area contributed by atoms with E-state index in [1.54, 1.807) is 19.9 Å². The minimum atomic E-state index is -1.11. The van der Waals surface area contributed by atoms with Crippen LogP contribution in [0.2, 0.25) is 0 Å². The van der Waals surface area contributed by atoms with E-state index in [-0.39, 0.29) is 0 Å². The van der Waals surface area contributed by atoms with Crippen molar-refractivity contribution in [2.45, 2.75) is 33.8 Å². The summed E-state index contributed by atoms with van der Waals surface area (Å²) < 4.78 is 5.22. The fourth-order valence-electron chi connectivity index (χ4n) is 2.34. The number of rotatable bonds is 4. The molecule has 25 heavy (non-hydrogen) atoms. The van der Waals surface area contributed by atoms with Crippen LogP contribution in [0.5, 0.6) is 0 Å². The minimum Gasteiger partial charge on any atom is -0.449 e. The Bertz CT molecular complexity index is 832. The summed E-state index contributed by atoms with van der Waals surface area (Å²) in [5, 5.41) is 5.21. The van der Waals surface area contributed by atoms with Crippen molar-refractivity contribution in [3.63, 3.8) is 0 Å². The first-order chi connectivity index (χ1) is 11.8. The molecule has 0 aliphatic carbocycles. The Balaban J connectivity index is 2.20. The molecule has 3 amide bonds. The van der Waals surface area contributed by atoms with Gasteiger partial charge in [0.25, 0.3) is 5.91 Å². The van der Waals surface area contributed by atoms with E-state index in [4.69, 9.17) is 4.74 Å². The van der Waals surface area contributed by atoms with Crippen molar-refractivity contribution in [1.82, 2.24) is 15.6 Å². The van der Waals surface area contributed by atoms with Crippen LogP contribution in [-0.4, -0.2) is 35.5 Å². The monoisotopic (exact) mass is 343 g/mol. The van der Waals surface area contributed by atoms with Crippen LogP contribution in [-0.2, 0) is 9.53 Å². The molecule has 2 aromatic rings. The topological polar surface area (TPSA) is 97.4 Å². The second-order valence-electron chi connectivity index (χ2n) is 5.73. The van der Waals surface area contributed by atoms with Gasteiger partial charge in [-0.05, 0) is 45.9 Å². The maximum atomic E-state index is 12.5. The molecule has 0 radical (unpaired) electrons. The number of urea groups is 1. The lowest BCUT2D eigenvalue weighted by atomic mass is 10.1. The van der Waals surface area contributed by atoms with Crippen LogP contribution in [0.15, 0.2) is 24.3 Å². The Kier molecular flexibility index (Phi) is 5.69. The molecule has 0 bridgehead atoms. The van der Waals surface area contributed by atoms with Gasteiger partial charge in [-0.25, -0.2) is 9.59 Å². The summed E-state index contributed by atoms with van der Waals surface area (Å²) in [5.74, 6) is -1.33. The fourth-order valence-corrected chi connectivity index (χ4v) is 2.34. The van der Waals surface area contributed by atoms with E-state index in [0.717, 1.165) is 5.56 Å². The van der Waals surface area contributed by atoms with Crippen molar-refractivity contribution in [2.24, 2.45) is 0 Å². The first-order valence-corrected chi connectivity index (χ1v) is 7.99. The maximum absolute atomic E-state index is 12.5. The molecule has 132 valence electrons. The van der Waals surface area contributed by atoms with Crippen molar-refractivity contribution in [3.05, 3.63) is 41.1 Å². The molecule has 0 fully saturated rings. The van der Waals surface area contributed by atoms with Gasteiger partial charge in [-0.3, -0.25) is 15.1 Å². The van der Waals surface area contributed by atoms with Crippen molar-refractivity contribution < 1.29 is 19.1 Å². The van der Waals surface area contributed by atoms with E-state index in [2.05, 4.69) is 15.6 Å². The highest BCUT2D eigenvalue weighted by Gasteiger charge is 2.22. The van der Waals surface area contributed by atoms with Crippen molar-refractivity contribution >= 4 is 28.8 Å². The van der Waals surface area contributed by atoms with Gasteiger partial charge in [0.15, 0.2) is 6.10 Å². The fraction of sp³-hybridized carbons (Fsp3) is 0.333. The van der Waals surface area contributed by atoms with E-state index in [1.807, 2.05) is 25.1 Å². The zero-order valence-electron chi connectivity index (χ0n) is 14.7. The molecule has 7 nitrogen and oxygen atoms in total. The minimum absolute atomic E-state index is 0.337. The largest absolute Gasteiger partial charge is 0.449 e. The van der Waals surface area contributed by atoms with Crippen molar-refractivity contribution in [2.75, 3.05) is 6.54 Å². The summed E-state index contributed by atoms with van der Waals surface area (Å²) in [6, 6.07) is 6.58. The Morgan fingerprint density at radius 3 is 2.60 bits per heavy atom. The average molecular weight is 343 g/mol. The lowest BCUT2D eigenvalue weighted by Crippen LogP contribution is -2.44. The van der Waals surface area contributed by atoms with Gasteiger partial charge in [0.05, 0.1) is 11.1 Å². The molecule has 2 rings (SSSR count). The molecule has 1 aromatic heterocycles. The van der Waals surface area contributed by atoms with Gasteiger partial charge in [-0.2, -0.15) is 0 Å². The number of imide groups is 1. The first kappa shape index (κ1) is 18.4. The summed E-state index contributed by atoms with van der Waals surface area (Å²) in [6.45, 7) is 7.22. The van der Waals surface area contributed by atoms with Gasteiger partial charge < -0.3 is 10.1 Å². The van der Waals surface area contributed by atoms with Crippen LogP contribution in [0.3, 0.4) is 0 Å². The molecule has 2 N–H and O–H groups in total. The maximum Gasteiger partial charge on any atom is 0.339 e. The highest BCUT2D eigenvalue weighted by molar-refractivity contribution is 6.05. The number of aryl methyl sites for hydroxylation is 2. The molecule has 1 unspecified atom stereocenters. The van der Waals surface area contributed by atoms with E-state index < -0.39 is 24.0 Å². The third-order valence-electron chi connectivity index (χ3n) is 3.54. The van der Waals surface area contributed by atoms with Gasteiger partial charge >= 0.3 is 12.0 Å². The number of nitrogens with one attached hydrogen (secondary N) is 2. The molecule has 0 saturated heterocycles. The molecular weight excluding hydrogens is 322 g/mol. The van der Waals surface area contributed by atoms with Crippen LogP contribution >= 0.6 is 0 Å². The van der Waals surface area contributed by atoms with Crippen molar-refractivity contribution in [1.29, 1.82) is 0 Å². The number of hydrogen-bond acceptors (Lipinski definition) is 5. The Morgan fingerprint density at radius 1 is 1.20 bits per heavy atom. The molecule has 1 aromatic carbocycles. The van der Waals surface area contributed by atoms with Gasteiger partial charge in [0, 0.05) is 17.6 Å². The zero-order valence-corrected chi connectivity index (χ0v) is 14.7. The lowest BCUT2D eigenvalue weighted by molar-refractivity contribution is -0.127. The van der Waals surface area contributed by atoms with E-state index in [9.17, 15) is 14.4 Å². The number of amides is 3. The number of carbonyl (C=O) groups is 3. The highest BCUT2D eigenvalue weighted by Crippen LogP contribution is 2.21. The number of pyridine rings is 1. The summed E-state index contributed by atoms with van der Waals surface area (Å²) in [4.78, 5) is 40.2. The third-order valence-corrected chi connectivity index (χ3v) is 3.54. The van der Waals surface area contributed by atoms with Gasteiger partial charge in [0.1, 0.15) is 0 Å². The van der Waals surface area contributed by atoms with Crippen LogP contribution in [0, 0.1) is 13.8 Å². The highest BCUT2D eigenvalue weighted by atomic mass is 16.5. The molecule has 7 heteroatoms. The van der Waals surface area contributed by atoms with Crippen LogP contribution in [0.25, 0.3) is 10.9 Å². The quantitative estimate of drug-likeness (QED) is 0.830. The van der Waals surface area contributed by atoms with Crippen molar-refractivity contribution in [3.8, 4) is 0 Å². The lowest BCUT2D eigenvalue weighted by Gasteiger charge is -2.14. The Hall–Kier alpha value is -2.96. The van der Waals surface area contributed by atoms with Crippen LogP contribution in [0.4, 0.5) is 4.79 Å². The van der Waals surface area contributed by atoms with Crippen LogP contribution < -0.4 is 10.6 Å². The predicted molar refractivity (Wildman–Crippen MR) is 93.3 cm³/mol. The number of ether oxygens (including phenoxy) is 1. The second-order valence-corrected chi connectivity index (χ2v) is 5.73. The van der Waals surface area contributed by atoms with Gasteiger partial charge in [-0.1, -0.05) is 11.6 Å². The number of benzene rings is 1. The van der Waals surface area contributed by atoms with E-state index >= 15 is 0 Å². The number of carbonyl (C=O) groups excluding carboxylic acids is 3. The molecular formula is C18H21N3O4. The standard InChI is InChI=1S/C18H21N3O4/c1-5-19-18(24)21-16(22)12(4)25-17(23)14-9-11(3)20-15-7-6-10(2)8-13(14)15/h6-9,12H,5H2,1-4H3,(H2,19,21,22,24). The zero-order chi connectivity index (χ0) is 18.6. The number of fused-ring (bicyclic) bond motifs is 1. The number of hydrogen-bond donors (Lipinski definition) is 2. The predicted octanol–water partition coefficient (Wildman–Crippen LogP) is 2.24. The van der Waals surface area contributed by atoms with Crippen LogP contribution in [0.1, 0.15) is 35.5 Å². The molecule has 1 heterocycles. The Labute approximate surface area is 145 Å².